The fourth-order valence-corrected chi connectivity index (χ4v) is 3.90. The Bertz CT molecular complexity index is 686. The van der Waals surface area contributed by atoms with Crippen LogP contribution in [0.15, 0.2) is 0 Å². The normalized spacial score (nSPS) is 19.0. The lowest BCUT2D eigenvalue weighted by Crippen LogP contribution is -2.34. The first-order chi connectivity index (χ1) is 11.3. The summed E-state index contributed by atoms with van der Waals surface area (Å²) in [4.78, 5) is 2.56. The zero-order chi connectivity index (χ0) is 15.6. The number of aromatic nitrogens is 4. The van der Waals surface area contributed by atoms with E-state index >= 15 is 0 Å². The molecule has 0 spiro atoms. The molecule has 1 aliphatic carbocycles. The van der Waals surface area contributed by atoms with E-state index in [9.17, 15) is 0 Å². The van der Waals surface area contributed by atoms with Crippen LogP contribution in [0.25, 0.3) is 5.65 Å². The third kappa shape index (κ3) is 2.92. The maximum Gasteiger partial charge on any atom is 0.181 e. The van der Waals surface area contributed by atoms with Crippen LogP contribution >= 0.6 is 0 Å². The van der Waals surface area contributed by atoms with Crippen LogP contribution in [0.4, 0.5) is 5.82 Å². The number of hydrogen-bond donors (Lipinski definition) is 1. The lowest BCUT2D eigenvalue weighted by Gasteiger charge is -2.27. The first-order valence-electron chi connectivity index (χ1n) is 9.03. The van der Waals surface area contributed by atoms with E-state index in [2.05, 4.69) is 20.4 Å². The van der Waals surface area contributed by atoms with Gasteiger partial charge in [-0.3, -0.25) is 0 Å². The highest BCUT2D eigenvalue weighted by Crippen LogP contribution is 2.29. The molecule has 6 nitrogen and oxygen atoms in total. The van der Waals surface area contributed by atoms with Crippen molar-refractivity contribution in [1.29, 1.82) is 0 Å². The topological polar surface area (TPSA) is 58.4 Å². The zero-order valence-corrected chi connectivity index (χ0v) is 14.0. The van der Waals surface area contributed by atoms with Crippen LogP contribution in [0.5, 0.6) is 0 Å². The molecule has 2 aromatic heterocycles. The standard InChI is InChI=1S/C17H26N6/c1-13-19-20-17-15-8-4-3-7-14(15)16(21-23(13)17)18-9-12-22-10-5-2-6-11-22/h2-12H2,1H3,(H,18,21). The summed E-state index contributed by atoms with van der Waals surface area (Å²) in [5.41, 5.74) is 3.68. The highest BCUT2D eigenvalue weighted by atomic mass is 15.4. The summed E-state index contributed by atoms with van der Waals surface area (Å²) in [6, 6.07) is 0. The Kier molecular flexibility index (Phi) is 4.16. The molecule has 2 aliphatic rings. The smallest absolute Gasteiger partial charge is 0.181 e. The van der Waals surface area contributed by atoms with Gasteiger partial charge in [0.25, 0.3) is 0 Å². The number of piperidine rings is 1. The number of aryl methyl sites for hydroxylation is 2. The summed E-state index contributed by atoms with van der Waals surface area (Å²) >= 11 is 0. The number of anilines is 1. The molecule has 1 N–H and O–H groups in total. The van der Waals surface area contributed by atoms with Crippen LogP contribution in [-0.2, 0) is 12.8 Å². The van der Waals surface area contributed by atoms with Crippen LogP contribution in [0.2, 0.25) is 0 Å². The summed E-state index contributed by atoms with van der Waals surface area (Å²) in [5.74, 6) is 1.92. The second-order valence-electron chi connectivity index (χ2n) is 6.82. The Morgan fingerprint density at radius 3 is 2.57 bits per heavy atom. The summed E-state index contributed by atoms with van der Waals surface area (Å²) in [7, 11) is 0. The third-order valence-electron chi connectivity index (χ3n) is 5.19. The van der Waals surface area contributed by atoms with Crippen molar-refractivity contribution < 1.29 is 0 Å². The average molecular weight is 314 g/mol. The van der Waals surface area contributed by atoms with Gasteiger partial charge in [-0.2, -0.15) is 4.52 Å². The molecule has 2 aromatic rings. The Morgan fingerprint density at radius 2 is 1.74 bits per heavy atom. The summed E-state index contributed by atoms with van der Waals surface area (Å²) in [6.07, 6.45) is 8.78. The first-order valence-corrected chi connectivity index (χ1v) is 9.03. The van der Waals surface area contributed by atoms with E-state index in [-0.39, 0.29) is 0 Å². The third-order valence-corrected chi connectivity index (χ3v) is 5.19. The molecule has 1 fully saturated rings. The minimum Gasteiger partial charge on any atom is -0.367 e. The predicted octanol–water partition coefficient (Wildman–Crippen LogP) is 2.21. The molecule has 124 valence electrons. The van der Waals surface area contributed by atoms with E-state index in [1.165, 1.54) is 56.3 Å². The fraction of sp³-hybridized carbons (Fsp3) is 0.706. The Balaban J connectivity index is 1.54. The van der Waals surface area contributed by atoms with E-state index in [4.69, 9.17) is 5.10 Å². The Labute approximate surface area is 137 Å². The molecule has 0 atom stereocenters. The molecule has 23 heavy (non-hydrogen) atoms. The van der Waals surface area contributed by atoms with Crippen LogP contribution in [0.1, 0.15) is 49.1 Å². The van der Waals surface area contributed by atoms with Gasteiger partial charge in [0.1, 0.15) is 0 Å². The van der Waals surface area contributed by atoms with Gasteiger partial charge in [-0.25, -0.2) is 0 Å². The fourth-order valence-electron chi connectivity index (χ4n) is 3.90. The second kappa shape index (κ2) is 6.43. The number of nitrogens with one attached hydrogen (secondary N) is 1. The van der Waals surface area contributed by atoms with Crippen molar-refractivity contribution in [2.24, 2.45) is 0 Å². The highest BCUT2D eigenvalue weighted by Gasteiger charge is 2.21. The van der Waals surface area contributed by atoms with E-state index < -0.39 is 0 Å². The van der Waals surface area contributed by atoms with Gasteiger partial charge in [-0.1, -0.05) is 6.42 Å². The quantitative estimate of drug-likeness (QED) is 0.937. The number of fused-ring (bicyclic) bond motifs is 3. The van der Waals surface area contributed by atoms with E-state index in [0.29, 0.717) is 0 Å². The first kappa shape index (κ1) is 14.9. The predicted molar refractivity (Wildman–Crippen MR) is 90.9 cm³/mol. The molecule has 0 saturated carbocycles. The van der Waals surface area contributed by atoms with Gasteiger partial charge in [-0.15, -0.1) is 15.3 Å². The largest absolute Gasteiger partial charge is 0.367 e. The number of rotatable bonds is 4. The van der Waals surface area contributed by atoms with E-state index in [1.54, 1.807) is 0 Å². The maximum atomic E-state index is 4.79. The Morgan fingerprint density at radius 1 is 0.957 bits per heavy atom. The highest BCUT2D eigenvalue weighted by molar-refractivity contribution is 5.60. The minimum absolute atomic E-state index is 0.868. The molecule has 1 aliphatic heterocycles. The van der Waals surface area contributed by atoms with Crippen molar-refractivity contribution in [1.82, 2.24) is 24.7 Å². The molecule has 0 aromatic carbocycles. The number of hydrogen-bond acceptors (Lipinski definition) is 5. The van der Waals surface area contributed by atoms with Crippen molar-refractivity contribution in [2.75, 3.05) is 31.5 Å². The molecule has 1 saturated heterocycles. The molecular weight excluding hydrogens is 288 g/mol. The molecule has 4 rings (SSSR count). The second-order valence-corrected chi connectivity index (χ2v) is 6.82. The van der Waals surface area contributed by atoms with Crippen molar-refractivity contribution in [3.63, 3.8) is 0 Å². The van der Waals surface area contributed by atoms with Crippen LogP contribution in [-0.4, -0.2) is 50.9 Å². The van der Waals surface area contributed by atoms with Crippen molar-refractivity contribution in [3.05, 3.63) is 17.0 Å². The molecular formula is C17H26N6. The molecule has 6 heteroatoms. The van der Waals surface area contributed by atoms with Crippen LogP contribution in [0.3, 0.4) is 0 Å². The van der Waals surface area contributed by atoms with Gasteiger partial charge in [0.15, 0.2) is 17.3 Å². The van der Waals surface area contributed by atoms with Gasteiger partial charge >= 0.3 is 0 Å². The van der Waals surface area contributed by atoms with Crippen LogP contribution in [0, 0.1) is 6.92 Å². The Hall–Kier alpha value is -1.69. The van der Waals surface area contributed by atoms with Crippen molar-refractivity contribution in [3.8, 4) is 0 Å². The summed E-state index contributed by atoms with van der Waals surface area (Å²) < 4.78 is 1.91. The average Bonchev–Trinajstić information content (AvgIpc) is 2.97. The van der Waals surface area contributed by atoms with Gasteiger partial charge in [0.05, 0.1) is 0 Å². The zero-order valence-electron chi connectivity index (χ0n) is 14.0. The van der Waals surface area contributed by atoms with Crippen molar-refractivity contribution in [2.45, 2.75) is 51.9 Å². The van der Waals surface area contributed by atoms with Crippen molar-refractivity contribution >= 4 is 11.5 Å². The molecule has 0 amide bonds. The lowest BCUT2D eigenvalue weighted by atomic mass is 9.93. The van der Waals surface area contributed by atoms with E-state index in [0.717, 1.165) is 43.2 Å². The maximum absolute atomic E-state index is 4.79. The summed E-state index contributed by atoms with van der Waals surface area (Å²) in [5, 5.41) is 16.9. The van der Waals surface area contributed by atoms with Gasteiger partial charge in [0, 0.05) is 24.2 Å². The molecule has 0 radical (unpaired) electrons. The number of nitrogens with zero attached hydrogens (tertiary/aromatic N) is 5. The monoisotopic (exact) mass is 314 g/mol. The molecule has 0 unspecified atom stereocenters. The summed E-state index contributed by atoms with van der Waals surface area (Å²) in [6.45, 7) is 6.54. The number of likely N-dealkylation sites (tertiary alicyclic amines) is 1. The van der Waals surface area contributed by atoms with Gasteiger partial charge < -0.3 is 10.2 Å². The van der Waals surface area contributed by atoms with Gasteiger partial charge in [0.2, 0.25) is 0 Å². The van der Waals surface area contributed by atoms with Gasteiger partial charge in [-0.05, 0) is 58.5 Å². The molecule has 0 bridgehead atoms. The molecule has 3 heterocycles. The van der Waals surface area contributed by atoms with E-state index in [1.807, 2.05) is 11.4 Å². The SMILES string of the molecule is Cc1nnc2c3c(c(NCCN4CCCCC4)nn12)CCCC3. The van der Waals surface area contributed by atoms with Crippen LogP contribution < -0.4 is 5.32 Å². The minimum atomic E-state index is 0.868. The lowest BCUT2D eigenvalue weighted by molar-refractivity contribution is 0.237.